The van der Waals surface area contributed by atoms with Gasteiger partial charge in [0.1, 0.15) is 17.0 Å². The summed E-state index contributed by atoms with van der Waals surface area (Å²) < 4.78 is 0. The summed E-state index contributed by atoms with van der Waals surface area (Å²) in [7, 11) is 0. The molecular formula is C17H24N5OS+. The molecule has 1 saturated carbocycles. The standard InChI is InChI=1S/C17H23N5OS/c1-11-12(2)24-17-15(11)16(18-10-19-17)22-7-5-21(6-8-22)9-14(23)20-13-3-4-13/h10,13H,3-9H2,1-2H3,(H,20,23)/p+1. The Morgan fingerprint density at radius 3 is 2.79 bits per heavy atom. The number of thiophene rings is 1. The van der Waals surface area contributed by atoms with Crippen molar-refractivity contribution in [2.24, 2.45) is 0 Å². The molecule has 1 amide bonds. The van der Waals surface area contributed by atoms with Gasteiger partial charge in [0.2, 0.25) is 0 Å². The van der Waals surface area contributed by atoms with E-state index in [4.69, 9.17) is 0 Å². The van der Waals surface area contributed by atoms with Crippen molar-refractivity contribution in [2.75, 3.05) is 37.6 Å². The SMILES string of the molecule is Cc1sc2ncnc(N3CC[NH+](CC(=O)NC4CC4)CC3)c2c1C. The Morgan fingerprint density at radius 2 is 2.08 bits per heavy atom. The van der Waals surface area contributed by atoms with Crippen LogP contribution in [0.4, 0.5) is 5.82 Å². The number of aryl methyl sites for hydroxylation is 2. The minimum Gasteiger partial charge on any atom is -0.348 e. The molecule has 1 aliphatic heterocycles. The summed E-state index contributed by atoms with van der Waals surface area (Å²) in [6, 6.07) is 0.456. The van der Waals surface area contributed by atoms with E-state index in [1.807, 2.05) is 0 Å². The first-order valence-corrected chi connectivity index (χ1v) is 9.52. The second-order valence-electron chi connectivity index (χ2n) is 6.92. The molecular weight excluding hydrogens is 322 g/mol. The maximum Gasteiger partial charge on any atom is 0.275 e. The Labute approximate surface area is 145 Å². The molecule has 6 nitrogen and oxygen atoms in total. The average Bonchev–Trinajstić information content (AvgIpc) is 3.33. The third-order valence-electron chi connectivity index (χ3n) is 5.07. The molecule has 7 heteroatoms. The molecule has 3 heterocycles. The van der Waals surface area contributed by atoms with Gasteiger partial charge < -0.3 is 15.1 Å². The van der Waals surface area contributed by atoms with Crippen LogP contribution in [0.3, 0.4) is 0 Å². The summed E-state index contributed by atoms with van der Waals surface area (Å²) in [6.07, 6.45) is 3.98. The average molecular weight is 346 g/mol. The molecule has 2 N–H and O–H groups in total. The lowest BCUT2D eigenvalue weighted by molar-refractivity contribution is -0.892. The highest BCUT2D eigenvalue weighted by Gasteiger charge is 2.28. The fourth-order valence-corrected chi connectivity index (χ4v) is 4.34. The lowest BCUT2D eigenvalue weighted by Gasteiger charge is -2.32. The van der Waals surface area contributed by atoms with Gasteiger partial charge in [0.25, 0.3) is 5.91 Å². The third kappa shape index (κ3) is 3.10. The van der Waals surface area contributed by atoms with Gasteiger partial charge in [-0.3, -0.25) is 4.79 Å². The molecule has 24 heavy (non-hydrogen) atoms. The summed E-state index contributed by atoms with van der Waals surface area (Å²) >= 11 is 1.74. The first-order valence-electron chi connectivity index (χ1n) is 8.70. The second-order valence-corrected chi connectivity index (χ2v) is 8.12. The zero-order valence-corrected chi connectivity index (χ0v) is 15.1. The summed E-state index contributed by atoms with van der Waals surface area (Å²) in [5.41, 5.74) is 1.30. The number of quaternary nitrogens is 1. The highest BCUT2D eigenvalue weighted by Crippen LogP contribution is 2.34. The van der Waals surface area contributed by atoms with Gasteiger partial charge in [-0.2, -0.15) is 0 Å². The fraction of sp³-hybridized carbons (Fsp3) is 0.588. The molecule has 2 aromatic heterocycles. The molecule has 2 aliphatic rings. The lowest BCUT2D eigenvalue weighted by atomic mass is 10.2. The summed E-state index contributed by atoms with van der Waals surface area (Å²) in [6.45, 7) is 8.73. The Bertz CT molecular complexity index is 762. The van der Waals surface area contributed by atoms with E-state index in [0.29, 0.717) is 12.6 Å². The minimum absolute atomic E-state index is 0.203. The largest absolute Gasteiger partial charge is 0.348 e. The quantitative estimate of drug-likeness (QED) is 0.835. The Kier molecular flexibility index (Phi) is 4.14. The number of aromatic nitrogens is 2. The van der Waals surface area contributed by atoms with Crippen LogP contribution in [0.15, 0.2) is 6.33 Å². The van der Waals surface area contributed by atoms with E-state index in [1.54, 1.807) is 17.7 Å². The van der Waals surface area contributed by atoms with Crippen molar-refractivity contribution in [1.29, 1.82) is 0 Å². The van der Waals surface area contributed by atoms with Gasteiger partial charge in [-0.05, 0) is 32.3 Å². The van der Waals surface area contributed by atoms with Crippen LogP contribution in [0, 0.1) is 13.8 Å². The molecule has 0 bridgehead atoms. The number of amides is 1. The van der Waals surface area contributed by atoms with Crippen LogP contribution >= 0.6 is 11.3 Å². The van der Waals surface area contributed by atoms with Crippen LogP contribution in [-0.2, 0) is 4.79 Å². The topological polar surface area (TPSA) is 62.6 Å². The minimum atomic E-state index is 0.203. The van der Waals surface area contributed by atoms with Crippen LogP contribution < -0.4 is 15.1 Å². The third-order valence-corrected chi connectivity index (χ3v) is 6.18. The summed E-state index contributed by atoms with van der Waals surface area (Å²) in [5.74, 6) is 1.26. The maximum atomic E-state index is 12.0. The van der Waals surface area contributed by atoms with Crippen molar-refractivity contribution in [1.82, 2.24) is 15.3 Å². The molecule has 128 valence electrons. The van der Waals surface area contributed by atoms with E-state index in [0.717, 1.165) is 49.7 Å². The van der Waals surface area contributed by atoms with Gasteiger partial charge >= 0.3 is 0 Å². The highest BCUT2D eigenvalue weighted by atomic mass is 32.1. The fourth-order valence-electron chi connectivity index (χ4n) is 3.35. The molecule has 0 spiro atoms. The predicted octanol–water partition coefficient (Wildman–Crippen LogP) is 0.292. The van der Waals surface area contributed by atoms with Crippen molar-refractivity contribution in [3.8, 4) is 0 Å². The maximum absolute atomic E-state index is 12.0. The van der Waals surface area contributed by atoms with Gasteiger partial charge in [-0.25, -0.2) is 9.97 Å². The number of hydrogen-bond donors (Lipinski definition) is 2. The lowest BCUT2D eigenvalue weighted by Crippen LogP contribution is -3.16. The van der Waals surface area contributed by atoms with Gasteiger partial charge in [0, 0.05) is 10.9 Å². The van der Waals surface area contributed by atoms with E-state index >= 15 is 0 Å². The van der Waals surface area contributed by atoms with Gasteiger partial charge in [0.05, 0.1) is 31.6 Å². The molecule has 0 atom stereocenters. The van der Waals surface area contributed by atoms with Crippen molar-refractivity contribution in [2.45, 2.75) is 32.7 Å². The number of carbonyl (C=O) groups is 1. The van der Waals surface area contributed by atoms with Crippen LogP contribution in [0.1, 0.15) is 23.3 Å². The number of rotatable bonds is 4. The van der Waals surface area contributed by atoms with E-state index in [2.05, 4.69) is 34.0 Å². The number of nitrogens with one attached hydrogen (secondary N) is 2. The first-order chi connectivity index (χ1) is 11.6. The molecule has 1 saturated heterocycles. The first kappa shape index (κ1) is 15.8. The van der Waals surface area contributed by atoms with Crippen LogP contribution in [0.2, 0.25) is 0 Å². The van der Waals surface area contributed by atoms with Crippen LogP contribution in [-0.4, -0.2) is 54.6 Å². The summed E-state index contributed by atoms with van der Waals surface area (Å²) in [4.78, 5) is 27.1. The molecule has 1 aliphatic carbocycles. The number of piperazine rings is 1. The number of carbonyl (C=O) groups excluding carboxylic acids is 1. The number of hydrogen-bond acceptors (Lipinski definition) is 5. The second kappa shape index (κ2) is 6.29. The molecule has 2 aromatic rings. The smallest absolute Gasteiger partial charge is 0.275 e. The zero-order chi connectivity index (χ0) is 16.7. The van der Waals surface area contributed by atoms with Gasteiger partial charge in [-0.15, -0.1) is 11.3 Å². The van der Waals surface area contributed by atoms with Crippen LogP contribution in [0.5, 0.6) is 0 Å². The van der Waals surface area contributed by atoms with Gasteiger partial charge in [-0.1, -0.05) is 0 Å². The van der Waals surface area contributed by atoms with Crippen molar-refractivity contribution in [3.63, 3.8) is 0 Å². The Morgan fingerprint density at radius 1 is 1.33 bits per heavy atom. The van der Waals surface area contributed by atoms with Crippen LogP contribution in [0.25, 0.3) is 10.2 Å². The Balaban J connectivity index is 1.43. The molecule has 0 aromatic carbocycles. The van der Waals surface area contributed by atoms with Crippen molar-refractivity contribution >= 4 is 33.3 Å². The summed E-state index contributed by atoms with van der Waals surface area (Å²) in [5, 5.41) is 4.29. The molecule has 4 rings (SSSR count). The number of fused-ring (bicyclic) bond motifs is 1. The van der Waals surface area contributed by atoms with Gasteiger partial charge in [0.15, 0.2) is 6.54 Å². The molecule has 0 unspecified atom stereocenters. The zero-order valence-electron chi connectivity index (χ0n) is 14.3. The normalized spacial score (nSPS) is 19.0. The monoisotopic (exact) mass is 346 g/mol. The van der Waals surface area contributed by atoms with Crippen molar-refractivity contribution < 1.29 is 9.69 Å². The van der Waals surface area contributed by atoms with E-state index in [-0.39, 0.29) is 5.91 Å². The number of nitrogens with zero attached hydrogens (tertiary/aromatic N) is 3. The molecule has 2 fully saturated rings. The van der Waals surface area contributed by atoms with E-state index in [9.17, 15) is 4.79 Å². The highest BCUT2D eigenvalue weighted by molar-refractivity contribution is 7.18. The van der Waals surface area contributed by atoms with Crippen molar-refractivity contribution in [3.05, 3.63) is 16.8 Å². The number of anilines is 1. The Hall–Kier alpha value is -1.73. The predicted molar refractivity (Wildman–Crippen MR) is 95.8 cm³/mol. The van der Waals surface area contributed by atoms with E-state index < -0.39 is 0 Å². The van der Waals surface area contributed by atoms with E-state index in [1.165, 1.54) is 20.7 Å². The molecule has 0 radical (unpaired) electrons.